The third-order valence-corrected chi connectivity index (χ3v) is 8.59. The molecule has 0 radical (unpaired) electrons. The number of nitrogens with one attached hydrogen (secondary N) is 1. The van der Waals surface area contributed by atoms with Crippen molar-refractivity contribution in [2.24, 2.45) is 0 Å². The van der Waals surface area contributed by atoms with Crippen LogP contribution in [0.5, 0.6) is 0 Å². The van der Waals surface area contributed by atoms with Crippen molar-refractivity contribution >= 4 is 33.0 Å². The standard InChI is InChI=1S/C25H31N5O4S/c1-19-7-6-8-24-26-22(18-30(19)24)25(31)27-21-17-20(35(32,33)29-13-15-34-16-14-29)9-10-23(21)28-11-4-2-3-5-12-28/h6-10,17-18H,2-5,11-16H2,1H3,(H,27,31). The summed E-state index contributed by atoms with van der Waals surface area (Å²) < 4.78 is 35.3. The van der Waals surface area contributed by atoms with E-state index in [0.29, 0.717) is 37.6 Å². The van der Waals surface area contributed by atoms with Gasteiger partial charge in [0.25, 0.3) is 5.91 Å². The number of amides is 1. The molecule has 2 fully saturated rings. The molecule has 1 aromatic carbocycles. The molecule has 1 N–H and O–H groups in total. The Morgan fingerprint density at radius 1 is 1.00 bits per heavy atom. The predicted molar refractivity (Wildman–Crippen MR) is 135 cm³/mol. The number of sulfonamides is 1. The van der Waals surface area contributed by atoms with E-state index in [-0.39, 0.29) is 16.5 Å². The lowest BCUT2D eigenvalue weighted by Crippen LogP contribution is -2.40. The number of hydrogen-bond donors (Lipinski definition) is 1. The number of rotatable bonds is 5. The van der Waals surface area contributed by atoms with Crippen LogP contribution < -0.4 is 10.2 Å². The van der Waals surface area contributed by atoms with E-state index >= 15 is 0 Å². The van der Waals surface area contributed by atoms with Crippen LogP contribution in [0.2, 0.25) is 0 Å². The van der Waals surface area contributed by atoms with Crippen LogP contribution >= 0.6 is 0 Å². The molecule has 2 aromatic heterocycles. The minimum Gasteiger partial charge on any atom is -0.379 e. The molecular formula is C25H31N5O4S. The Morgan fingerprint density at radius 2 is 1.74 bits per heavy atom. The monoisotopic (exact) mass is 497 g/mol. The summed E-state index contributed by atoms with van der Waals surface area (Å²) in [6.07, 6.45) is 6.17. The molecule has 2 aliphatic rings. The lowest BCUT2D eigenvalue weighted by Gasteiger charge is -2.28. The lowest BCUT2D eigenvalue weighted by atomic mass is 10.2. The third kappa shape index (κ3) is 4.91. The van der Waals surface area contributed by atoms with E-state index in [0.717, 1.165) is 37.3 Å². The second kappa shape index (κ2) is 9.96. The normalized spacial score (nSPS) is 17.9. The summed E-state index contributed by atoms with van der Waals surface area (Å²) in [4.78, 5) is 20.2. The number of carbonyl (C=O) groups is 1. The van der Waals surface area contributed by atoms with Gasteiger partial charge in [-0.1, -0.05) is 18.9 Å². The Labute approximate surface area is 205 Å². The van der Waals surface area contributed by atoms with Crippen molar-refractivity contribution in [3.05, 3.63) is 54.0 Å². The summed E-state index contributed by atoms with van der Waals surface area (Å²) in [7, 11) is -3.70. The van der Waals surface area contributed by atoms with Gasteiger partial charge < -0.3 is 19.4 Å². The highest BCUT2D eigenvalue weighted by Crippen LogP contribution is 2.32. The van der Waals surface area contributed by atoms with Gasteiger partial charge in [0, 0.05) is 38.1 Å². The zero-order valence-electron chi connectivity index (χ0n) is 19.9. The first-order chi connectivity index (χ1) is 16.9. The van der Waals surface area contributed by atoms with Gasteiger partial charge >= 0.3 is 0 Å². The molecule has 0 aliphatic carbocycles. The number of imidazole rings is 1. The molecule has 0 atom stereocenters. The minimum atomic E-state index is -3.70. The summed E-state index contributed by atoms with van der Waals surface area (Å²) in [6.45, 7) is 5.08. The van der Waals surface area contributed by atoms with E-state index < -0.39 is 10.0 Å². The van der Waals surface area contributed by atoms with E-state index in [1.54, 1.807) is 18.3 Å². The first kappa shape index (κ1) is 23.8. The Hall–Kier alpha value is -2.95. The van der Waals surface area contributed by atoms with Gasteiger partial charge in [-0.2, -0.15) is 4.31 Å². The number of carbonyl (C=O) groups excluding carboxylic acids is 1. The van der Waals surface area contributed by atoms with Crippen molar-refractivity contribution in [2.75, 3.05) is 49.6 Å². The van der Waals surface area contributed by atoms with Gasteiger partial charge in [-0.25, -0.2) is 13.4 Å². The molecule has 4 heterocycles. The average Bonchev–Trinajstić information content (AvgIpc) is 3.14. The van der Waals surface area contributed by atoms with E-state index in [1.807, 2.05) is 35.6 Å². The molecule has 10 heteroatoms. The predicted octanol–water partition coefficient (Wildman–Crippen LogP) is 3.30. The van der Waals surface area contributed by atoms with Crippen LogP contribution in [0.1, 0.15) is 41.9 Å². The van der Waals surface area contributed by atoms with Crippen molar-refractivity contribution in [1.29, 1.82) is 0 Å². The fourth-order valence-electron chi connectivity index (χ4n) is 4.74. The van der Waals surface area contributed by atoms with Crippen molar-refractivity contribution < 1.29 is 17.9 Å². The van der Waals surface area contributed by atoms with Gasteiger partial charge in [-0.3, -0.25) is 4.79 Å². The van der Waals surface area contributed by atoms with E-state index in [1.165, 1.54) is 17.1 Å². The zero-order valence-corrected chi connectivity index (χ0v) is 20.8. The van der Waals surface area contributed by atoms with E-state index in [9.17, 15) is 13.2 Å². The van der Waals surface area contributed by atoms with Crippen molar-refractivity contribution in [3.8, 4) is 0 Å². The molecule has 2 saturated heterocycles. The quantitative estimate of drug-likeness (QED) is 0.581. The first-order valence-corrected chi connectivity index (χ1v) is 13.6. The van der Waals surface area contributed by atoms with Gasteiger partial charge in [0.05, 0.1) is 29.5 Å². The summed E-state index contributed by atoms with van der Waals surface area (Å²) >= 11 is 0. The summed E-state index contributed by atoms with van der Waals surface area (Å²) in [5.41, 5.74) is 3.26. The van der Waals surface area contributed by atoms with E-state index in [2.05, 4.69) is 15.2 Å². The molecule has 3 aromatic rings. The maximum Gasteiger partial charge on any atom is 0.275 e. The van der Waals surface area contributed by atoms with Crippen LogP contribution in [0.4, 0.5) is 11.4 Å². The highest BCUT2D eigenvalue weighted by Gasteiger charge is 2.28. The number of anilines is 2. The second-order valence-electron chi connectivity index (χ2n) is 9.07. The number of fused-ring (bicyclic) bond motifs is 1. The molecule has 9 nitrogen and oxygen atoms in total. The number of aromatic nitrogens is 2. The van der Waals surface area contributed by atoms with Crippen LogP contribution in [-0.2, 0) is 14.8 Å². The molecular weight excluding hydrogens is 466 g/mol. The number of hydrogen-bond acceptors (Lipinski definition) is 6. The maximum atomic E-state index is 13.3. The highest BCUT2D eigenvalue weighted by molar-refractivity contribution is 7.89. The van der Waals surface area contributed by atoms with Gasteiger partial charge in [0.15, 0.2) is 0 Å². The average molecular weight is 498 g/mol. The number of morpholine rings is 1. The lowest BCUT2D eigenvalue weighted by molar-refractivity contribution is 0.0730. The molecule has 5 rings (SSSR count). The van der Waals surface area contributed by atoms with Crippen LogP contribution in [0, 0.1) is 6.92 Å². The fraction of sp³-hybridized carbons (Fsp3) is 0.440. The largest absolute Gasteiger partial charge is 0.379 e. The van der Waals surface area contributed by atoms with Gasteiger partial charge in [-0.15, -0.1) is 0 Å². The summed E-state index contributed by atoms with van der Waals surface area (Å²) in [5.74, 6) is -0.370. The number of aryl methyl sites for hydroxylation is 1. The number of nitrogens with zero attached hydrogens (tertiary/aromatic N) is 4. The highest BCUT2D eigenvalue weighted by atomic mass is 32.2. The topological polar surface area (TPSA) is 96.2 Å². The van der Waals surface area contributed by atoms with Gasteiger partial charge in [0.1, 0.15) is 11.3 Å². The SMILES string of the molecule is Cc1cccc2nc(C(=O)Nc3cc(S(=O)(=O)N4CCOCC4)ccc3N3CCCCCC3)cn12. The van der Waals surface area contributed by atoms with E-state index in [4.69, 9.17) is 4.74 Å². The molecule has 0 saturated carbocycles. The molecule has 0 bridgehead atoms. The Morgan fingerprint density at radius 3 is 2.46 bits per heavy atom. The molecule has 0 unspecified atom stereocenters. The molecule has 1 amide bonds. The fourth-order valence-corrected chi connectivity index (χ4v) is 6.18. The first-order valence-electron chi connectivity index (χ1n) is 12.2. The van der Waals surface area contributed by atoms with Crippen LogP contribution in [0.25, 0.3) is 5.65 Å². The van der Waals surface area contributed by atoms with Crippen molar-refractivity contribution in [2.45, 2.75) is 37.5 Å². The molecule has 186 valence electrons. The Bertz CT molecular complexity index is 1320. The smallest absolute Gasteiger partial charge is 0.275 e. The van der Waals surface area contributed by atoms with Crippen LogP contribution in [-0.4, -0.2) is 67.4 Å². The Kier molecular flexibility index (Phi) is 6.77. The van der Waals surface area contributed by atoms with Crippen molar-refractivity contribution in [1.82, 2.24) is 13.7 Å². The van der Waals surface area contributed by atoms with Crippen LogP contribution in [0.15, 0.2) is 47.5 Å². The zero-order chi connectivity index (χ0) is 24.4. The number of ether oxygens (including phenoxy) is 1. The second-order valence-corrected chi connectivity index (χ2v) is 11.0. The van der Waals surface area contributed by atoms with Crippen molar-refractivity contribution in [3.63, 3.8) is 0 Å². The molecule has 2 aliphatic heterocycles. The molecule has 35 heavy (non-hydrogen) atoms. The van der Waals surface area contributed by atoms with Crippen LogP contribution in [0.3, 0.4) is 0 Å². The third-order valence-electron chi connectivity index (χ3n) is 6.70. The van der Waals surface area contributed by atoms with Gasteiger partial charge in [0.2, 0.25) is 10.0 Å². The summed E-state index contributed by atoms with van der Waals surface area (Å²) in [5, 5.41) is 2.98. The number of pyridine rings is 1. The Balaban J connectivity index is 1.50. The maximum absolute atomic E-state index is 13.3. The minimum absolute atomic E-state index is 0.166. The summed E-state index contributed by atoms with van der Waals surface area (Å²) in [6, 6.07) is 10.8. The van der Waals surface area contributed by atoms with Gasteiger partial charge in [-0.05, 0) is 50.1 Å². The number of benzene rings is 1. The molecule has 0 spiro atoms.